The van der Waals surface area contributed by atoms with E-state index in [-0.39, 0.29) is 12.0 Å². The van der Waals surface area contributed by atoms with Crippen LogP contribution in [0, 0.1) is 5.41 Å². The van der Waals surface area contributed by atoms with E-state index in [0.29, 0.717) is 0 Å². The first-order valence-corrected chi connectivity index (χ1v) is 8.12. The van der Waals surface area contributed by atoms with Crippen LogP contribution >= 0.6 is 0 Å². The molecular weight excluding hydrogens is 260 g/mol. The molecule has 0 spiro atoms. The van der Waals surface area contributed by atoms with Gasteiger partial charge in [-0.1, -0.05) is 25.1 Å². The van der Waals surface area contributed by atoms with E-state index in [2.05, 4.69) is 40.7 Å². The van der Waals surface area contributed by atoms with Crippen LogP contribution in [-0.2, 0) is 6.42 Å². The summed E-state index contributed by atoms with van der Waals surface area (Å²) in [6.45, 7) is 4.69. The Morgan fingerprint density at radius 1 is 1.29 bits per heavy atom. The summed E-state index contributed by atoms with van der Waals surface area (Å²) < 4.78 is 2.51. The standard InChI is InChI=1S/C18H22N2O/c1-2-18(12-21)9-5-10-20-11-8-14-13-6-3-4-7-15(13)19-16(14)17(18)20/h3-4,6-7,21H,2,5,8-12H2,1H3/p+1. The first-order chi connectivity index (χ1) is 10.3. The Balaban J connectivity index is 1.99. The number of aromatic amines is 1. The highest BCUT2D eigenvalue weighted by atomic mass is 16.3. The van der Waals surface area contributed by atoms with Crippen LogP contribution in [-0.4, -0.2) is 40.1 Å². The van der Waals surface area contributed by atoms with Gasteiger partial charge in [-0.15, -0.1) is 0 Å². The summed E-state index contributed by atoms with van der Waals surface area (Å²) in [5.74, 6) is 0. The smallest absolute Gasteiger partial charge is 0.208 e. The van der Waals surface area contributed by atoms with Gasteiger partial charge >= 0.3 is 0 Å². The molecule has 3 heterocycles. The number of nitrogens with one attached hydrogen (secondary N) is 1. The Hall–Kier alpha value is -1.61. The fourth-order valence-electron chi connectivity index (χ4n) is 4.34. The number of rotatable bonds is 2. The topological polar surface area (TPSA) is 39.0 Å². The number of para-hydroxylation sites is 1. The third kappa shape index (κ3) is 1.73. The summed E-state index contributed by atoms with van der Waals surface area (Å²) in [6, 6.07) is 8.59. The zero-order valence-corrected chi connectivity index (χ0v) is 12.7. The average Bonchev–Trinajstić information content (AvgIpc) is 2.92. The molecule has 0 saturated heterocycles. The Morgan fingerprint density at radius 2 is 2.14 bits per heavy atom. The monoisotopic (exact) mass is 283 g/mol. The van der Waals surface area contributed by atoms with Crippen molar-refractivity contribution in [1.29, 1.82) is 0 Å². The second-order valence-corrected chi connectivity index (χ2v) is 6.51. The van der Waals surface area contributed by atoms with Gasteiger partial charge in [0, 0.05) is 23.7 Å². The molecule has 2 aliphatic heterocycles. The van der Waals surface area contributed by atoms with Crippen molar-refractivity contribution in [1.82, 2.24) is 4.98 Å². The van der Waals surface area contributed by atoms with Crippen molar-refractivity contribution in [3.8, 4) is 0 Å². The predicted octanol–water partition coefficient (Wildman–Crippen LogP) is 2.71. The van der Waals surface area contributed by atoms with Crippen LogP contribution in [0.5, 0.6) is 0 Å². The Bertz CT molecular complexity index is 722. The fraction of sp³-hybridized carbons (Fsp3) is 0.500. The van der Waals surface area contributed by atoms with Gasteiger partial charge < -0.3 is 10.1 Å². The van der Waals surface area contributed by atoms with Crippen LogP contribution in [0.4, 0.5) is 0 Å². The van der Waals surface area contributed by atoms with Crippen LogP contribution in [0.2, 0.25) is 0 Å². The van der Waals surface area contributed by atoms with Crippen molar-refractivity contribution in [3.63, 3.8) is 0 Å². The second kappa shape index (κ2) is 4.70. The number of hydrogen-bond acceptors (Lipinski definition) is 1. The lowest BCUT2D eigenvalue weighted by Crippen LogP contribution is -2.48. The number of hydrogen-bond donors (Lipinski definition) is 2. The summed E-state index contributed by atoms with van der Waals surface area (Å²) >= 11 is 0. The molecule has 1 atom stereocenters. The van der Waals surface area contributed by atoms with Gasteiger partial charge in [0.05, 0.1) is 12.0 Å². The lowest BCUT2D eigenvalue weighted by Gasteiger charge is -2.35. The Labute approximate surface area is 125 Å². The molecule has 0 aliphatic carbocycles. The molecule has 2 N–H and O–H groups in total. The van der Waals surface area contributed by atoms with Gasteiger partial charge in [0.1, 0.15) is 18.8 Å². The van der Waals surface area contributed by atoms with Gasteiger partial charge in [-0.3, -0.25) is 0 Å². The lowest BCUT2D eigenvalue weighted by atomic mass is 9.72. The summed E-state index contributed by atoms with van der Waals surface area (Å²) in [5, 5.41) is 11.5. The number of aromatic nitrogens is 1. The van der Waals surface area contributed by atoms with Gasteiger partial charge in [-0.2, -0.15) is 0 Å². The van der Waals surface area contributed by atoms with E-state index in [1.54, 1.807) is 0 Å². The van der Waals surface area contributed by atoms with E-state index in [4.69, 9.17) is 0 Å². The van der Waals surface area contributed by atoms with E-state index in [1.807, 2.05) is 0 Å². The van der Waals surface area contributed by atoms with Gasteiger partial charge in [-0.05, 0) is 24.5 Å². The number of H-pyrrole nitrogens is 1. The SMILES string of the molecule is CCC1(CO)CCC[N+]2=C1c1[nH]c3ccccc3c1CC2. The molecule has 2 aliphatic rings. The third-order valence-electron chi connectivity index (χ3n) is 5.56. The van der Waals surface area contributed by atoms with E-state index < -0.39 is 0 Å². The maximum atomic E-state index is 10.1. The summed E-state index contributed by atoms with van der Waals surface area (Å²) in [4.78, 5) is 3.65. The van der Waals surface area contributed by atoms with Crippen molar-refractivity contribution >= 4 is 16.6 Å². The van der Waals surface area contributed by atoms with Crippen molar-refractivity contribution in [2.45, 2.75) is 32.6 Å². The highest BCUT2D eigenvalue weighted by Crippen LogP contribution is 2.39. The van der Waals surface area contributed by atoms with Crippen LogP contribution in [0.25, 0.3) is 10.9 Å². The maximum Gasteiger partial charge on any atom is 0.208 e. The molecule has 110 valence electrons. The Kier molecular flexibility index (Phi) is 2.93. The minimum absolute atomic E-state index is 0.0612. The average molecular weight is 283 g/mol. The van der Waals surface area contributed by atoms with Gasteiger partial charge in [-0.25, -0.2) is 4.58 Å². The van der Waals surface area contributed by atoms with Crippen LogP contribution in [0.3, 0.4) is 0 Å². The zero-order chi connectivity index (χ0) is 14.4. The van der Waals surface area contributed by atoms with Crippen LogP contribution in [0.1, 0.15) is 37.4 Å². The summed E-state index contributed by atoms with van der Waals surface area (Å²) in [7, 11) is 0. The number of nitrogens with zero attached hydrogens (tertiary/aromatic N) is 1. The van der Waals surface area contributed by atoms with Gasteiger partial charge in [0.25, 0.3) is 0 Å². The Morgan fingerprint density at radius 3 is 2.95 bits per heavy atom. The number of aliphatic hydroxyl groups is 1. The highest BCUT2D eigenvalue weighted by molar-refractivity contribution is 6.06. The number of fused-ring (bicyclic) bond motifs is 4. The molecule has 0 saturated carbocycles. The molecule has 1 aromatic heterocycles. The van der Waals surface area contributed by atoms with Gasteiger partial charge in [0.15, 0.2) is 0 Å². The van der Waals surface area contributed by atoms with Crippen molar-refractivity contribution < 1.29 is 9.68 Å². The summed E-state index contributed by atoms with van der Waals surface area (Å²) in [6.07, 6.45) is 4.40. The summed E-state index contributed by atoms with van der Waals surface area (Å²) in [5.41, 5.74) is 5.28. The first kappa shape index (κ1) is 13.1. The second-order valence-electron chi connectivity index (χ2n) is 6.51. The van der Waals surface area contributed by atoms with Crippen molar-refractivity contribution in [2.24, 2.45) is 5.41 Å². The molecule has 0 bridgehead atoms. The van der Waals surface area contributed by atoms with Crippen molar-refractivity contribution in [2.75, 3.05) is 19.7 Å². The number of benzene rings is 1. The minimum Gasteiger partial charge on any atom is -0.395 e. The van der Waals surface area contributed by atoms with E-state index in [0.717, 1.165) is 32.4 Å². The normalized spacial score (nSPS) is 25.0. The minimum atomic E-state index is -0.0612. The van der Waals surface area contributed by atoms with E-state index >= 15 is 0 Å². The quantitative estimate of drug-likeness (QED) is 0.817. The molecule has 3 nitrogen and oxygen atoms in total. The molecule has 0 radical (unpaired) electrons. The first-order valence-electron chi connectivity index (χ1n) is 8.12. The fourth-order valence-corrected chi connectivity index (χ4v) is 4.34. The molecule has 4 rings (SSSR count). The molecule has 21 heavy (non-hydrogen) atoms. The molecule has 0 fully saturated rings. The molecular formula is C18H23N2O+. The third-order valence-corrected chi connectivity index (χ3v) is 5.56. The van der Waals surface area contributed by atoms with E-state index in [1.165, 1.54) is 34.3 Å². The molecule has 1 aromatic carbocycles. The predicted molar refractivity (Wildman–Crippen MR) is 85.1 cm³/mol. The van der Waals surface area contributed by atoms with Crippen molar-refractivity contribution in [3.05, 3.63) is 35.5 Å². The van der Waals surface area contributed by atoms with E-state index in [9.17, 15) is 5.11 Å². The number of aliphatic hydroxyl groups excluding tert-OH is 1. The molecule has 0 amide bonds. The zero-order valence-electron chi connectivity index (χ0n) is 12.7. The van der Waals surface area contributed by atoms with Crippen LogP contribution in [0.15, 0.2) is 24.3 Å². The van der Waals surface area contributed by atoms with Gasteiger partial charge in [0.2, 0.25) is 5.71 Å². The highest BCUT2D eigenvalue weighted by Gasteiger charge is 2.47. The molecule has 2 aromatic rings. The maximum absolute atomic E-state index is 10.1. The largest absolute Gasteiger partial charge is 0.395 e. The lowest BCUT2D eigenvalue weighted by molar-refractivity contribution is -0.538. The van der Waals surface area contributed by atoms with Crippen LogP contribution < -0.4 is 0 Å². The molecule has 3 heteroatoms. The molecule has 1 unspecified atom stereocenters.